The summed E-state index contributed by atoms with van der Waals surface area (Å²) in [7, 11) is 0. The molecule has 0 aromatic heterocycles. The van der Waals surface area contributed by atoms with E-state index in [0.717, 1.165) is 18.7 Å². The van der Waals surface area contributed by atoms with E-state index in [9.17, 15) is 18.4 Å². The lowest BCUT2D eigenvalue weighted by Crippen LogP contribution is -2.29. The highest BCUT2D eigenvalue weighted by atomic mass is 35.5. The molecule has 8 heteroatoms. The van der Waals surface area contributed by atoms with Gasteiger partial charge in [0.05, 0.1) is 17.9 Å². The third kappa shape index (κ3) is 5.57. The Morgan fingerprint density at radius 2 is 1.68 bits per heavy atom. The first-order valence-corrected chi connectivity index (χ1v) is 6.73. The third-order valence-electron chi connectivity index (χ3n) is 3.06. The van der Waals surface area contributed by atoms with Gasteiger partial charge in [-0.3, -0.25) is 9.59 Å². The van der Waals surface area contributed by atoms with Crippen LogP contribution in [-0.2, 0) is 9.59 Å². The summed E-state index contributed by atoms with van der Waals surface area (Å²) in [6.07, 6.45) is 2.34. The highest BCUT2D eigenvalue weighted by Gasteiger charge is 2.20. The first kappa shape index (κ1) is 18.3. The summed E-state index contributed by atoms with van der Waals surface area (Å²) in [6, 6.07) is 1.68. The first-order valence-electron chi connectivity index (χ1n) is 6.73. The Hall–Kier alpha value is -1.73. The number of anilines is 2. The number of hydrogen-bond donors (Lipinski definition) is 3. The maximum atomic E-state index is 13.3. The van der Waals surface area contributed by atoms with E-state index in [1.165, 1.54) is 19.8 Å². The van der Waals surface area contributed by atoms with Gasteiger partial charge in [-0.2, -0.15) is 0 Å². The highest BCUT2D eigenvalue weighted by Crippen LogP contribution is 2.27. The largest absolute Gasteiger partial charge is 0.324 e. The molecular formula is C14H18ClF2N3O2. The number of carbonyl (C=O) groups is 2. The summed E-state index contributed by atoms with van der Waals surface area (Å²) in [5.74, 6) is -2.37. The zero-order valence-corrected chi connectivity index (χ0v) is 12.9. The van der Waals surface area contributed by atoms with Crippen LogP contribution in [-0.4, -0.2) is 24.9 Å². The standard InChI is InChI=1S/C14H17F2N3O2.ClH/c1-8(20)18-12-4-10(15)11(16)5-13(12)19-14(21)7-17-6-9-2-3-9;/h4-5,9,17H,2-3,6-7H2,1H3,(H,18,20)(H,19,21);1H. The first-order chi connectivity index (χ1) is 9.95. The van der Waals surface area contributed by atoms with E-state index in [2.05, 4.69) is 16.0 Å². The Labute approximate surface area is 133 Å². The van der Waals surface area contributed by atoms with Gasteiger partial charge in [0.15, 0.2) is 11.6 Å². The van der Waals surface area contributed by atoms with Crippen molar-refractivity contribution in [3.63, 3.8) is 0 Å². The summed E-state index contributed by atoms with van der Waals surface area (Å²) in [4.78, 5) is 22.8. The van der Waals surface area contributed by atoms with E-state index in [0.29, 0.717) is 5.92 Å². The molecule has 0 spiro atoms. The van der Waals surface area contributed by atoms with Gasteiger partial charge in [-0.15, -0.1) is 12.4 Å². The second kappa shape index (κ2) is 8.05. The van der Waals surface area contributed by atoms with Gasteiger partial charge in [0.25, 0.3) is 0 Å². The van der Waals surface area contributed by atoms with Crippen LogP contribution in [0.1, 0.15) is 19.8 Å². The average Bonchev–Trinajstić information content (AvgIpc) is 3.19. The van der Waals surface area contributed by atoms with Crippen LogP contribution in [0.25, 0.3) is 0 Å². The van der Waals surface area contributed by atoms with Crippen LogP contribution >= 0.6 is 12.4 Å². The predicted molar refractivity (Wildman–Crippen MR) is 82.1 cm³/mol. The van der Waals surface area contributed by atoms with E-state index in [-0.39, 0.29) is 36.2 Å². The normalized spacial score (nSPS) is 13.2. The van der Waals surface area contributed by atoms with Crippen molar-refractivity contribution < 1.29 is 18.4 Å². The van der Waals surface area contributed by atoms with Crippen molar-refractivity contribution in [3.8, 4) is 0 Å². The molecule has 2 rings (SSSR count). The SMILES string of the molecule is CC(=O)Nc1cc(F)c(F)cc1NC(=O)CNCC1CC1.Cl. The van der Waals surface area contributed by atoms with Gasteiger partial charge in [0.2, 0.25) is 11.8 Å². The maximum absolute atomic E-state index is 13.3. The summed E-state index contributed by atoms with van der Waals surface area (Å²) in [6.45, 7) is 2.09. The minimum atomic E-state index is -1.09. The molecular weight excluding hydrogens is 316 g/mol. The molecule has 0 heterocycles. The molecule has 3 N–H and O–H groups in total. The number of benzene rings is 1. The molecule has 2 amide bonds. The van der Waals surface area contributed by atoms with Crippen LogP contribution in [0.5, 0.6) is 0 Å². The lowest BCUT2D eigenvalue weighted by Gasteiger charge is -2.12. The Morgan fingerprint density at radius 1 is 1.14 bits per heavy atom. The fourth-order valence-electron chi connectivity index (χ4n) is 1.85. The third-order valence-corrected chi connectivity index (χ3v) is 3.06. The van der Waals surface area contributed by atoms with E-state index in [4.69, 9.17) is 0 Å². The van der Waals surface area contributed by atoms with Gasteiger partial charge in [0.1, 0.15) is 0 Å². The fourth-order valence-corrected chi connectivity index (χ4v) is 1.85. The molecule has 0 bridgehead atoms. The number of halogens is 3. The fraction of sp³-hybridized carbons (Fsp3) is 0.429. The van der Waals surface area contributed by atoms with Crippen molar-refractivity contribution in [1.82, 2.24) is 5.32 Å². The molecule has 1 saturated carbocycles. The summed E-state index contributed by atoms with van der Waals surface area (Å²) >= 11 is 0. The topological polar surface area (TPSA) is 70.2 Å². The van der Waals surface area contributed by atoms with Gasteiger partial charge in [0, 0.05) is 19.1 Å². The zero-order valence-electron chi connectivity index (χ0n) is 12.0. The Balaban J connectivity index is 0.00000242. The molecule has 0 atom stereocenters. The van der Waals surface area contributed by atoms with Crippen molar-refractivity contribution in [2.45, 2.75) is 19.8 Å². The van der Waals surface area contributed by atoms with Crippen molar-refractivity contribution in [2.75, 3.05) is 23.7 Å². The summed E-state index contributed by atoms with van der Waals surface area (Å²) < 4.78 is 26.5. The Bertz CT molecular complexity index is 565. The minimum absolute atomic E-state index is 0. The maximum Gasteiger partial charge on any atom is 0.238 e. The quantitative estimate of drug-likeness (QED) is 0.748. The van der Waals surface area contributed by atoms with Crippen molar-refractivity contribution in [1.29, 1.82) is 0 Å². The van der Waals surface area contributed by atoms with E-state index in [1.807, 2.05) is 0 Å². The number of nitrogens with one attached hydrogen (secondary N) is 3. The molecule has 0 radical (unpaired) electrons. The van der Waals surface area contributed by atoms with Gasteiger partial charge < -0.3 is 16.0 Å². The Morgan fingerprint density at radius 3 is 2.18 bits per heavy atom. The van der Waals surface area contributed by atoms with Gasteiger partial charge in [-0.1, -0.05) is 0 Å². The van der Waals surface area contributed by atoms with E-state index >= 15 is 0 Å². The molecule has 0 unspecified atom stereocenters. The number of carbonyl (C=O) groups excluding carboxylic acids is 2. The van der Waals surface area contributed by atoms with Crippen molar-refractivity contribution >= 4 is 35.6 Å². The monoisotopic (exact) mass is 333 g/mol. The Kier molecular flexibility index (Phi) is 6.70. The minimum Gasteiger partial charge on any atom is -0.324 e. The van der Waals surface area contributed by atoms with Crippen LogP contribution in [0.3, 0.4) is 0 Å². The molecule has 1 aromatic carbocycles. The lowest BCUT2D eigenvalue weighted by atomic mass is 10.2. The zero-order chi connectivity index (χ0) is 15.4. The van der Waals surface area contributed by atoms with Crippen LogP contribution in [0, 0.1) is 17.6 Å². The van der Waals surface area contributed by atoms with Crippen molar-refractivity contribution in [3.05, 3.63) is 23.8 Å². The van der Waals surface area contributed by atoms with Crippen molar-refractivity contribution in [2.24, 2.45) is 5.92 Å². The van der Waals surface area contributed by atoms with Gasteiger partial charge in [-0.25, -0.2) is 8.78 Å². The molecule has 122 valence electrons. The predicted octanol–water partition coefficient (Wildman–Crippen LogP) is 2.28. The van der Waals surface area contributed by atoms with Crippen LogP contribution in [0.4, 0.5) is 20.2 Å². The van der Waals surface area contributed by atoms with Crippen LogP contribution < -0.4 is 16.0 Å². The lowest BCUT2D eigenvalue weighted by molar-refractivity contribution is -0.116. The molecule has 5 nitrogen and oxygen atoms in total. The van der Waals surface area contributed by atoms with E-state index < -0.39 is 17.5 Å². The van der Waals surface area contributed by atoms with Gasteiger partial charge in [-0.05, 0) is 25.3 Å². The second-order valence-electron chi connectivity index (χ2n) is 5.12. The van der Waals surface area contributed by atoms with E-state index in [1.54, 1.807) is 0 Å². The summed E-state index contributed by atoms with van der Waals surface area (Å²) in [5.41, 5.74) is 0.0549. The van der Waals surface area contributed by atoms with Crippen LogP contribution in [0.15, 0.2) is 12.1 Å². The second-order valence-corrected chi connectivity index (χ2v) is 5.12. The highest BCUT2D eigenvalue weighted by molar-refractivity contribution is 5.99. The molecule has 0 aliphatic heterocycles. The molecule has 1 aromatic rings. The molecule has 22 heavy (non-hydrogen) atoms. The number of amides is 2. The number of rotatable bonds is 6. The number of hydrogen-bond acceptors (Lipinski definition) is 3. The molecule has 1 fully saturated rings. The van der Waals surface area contributed by atoms with Gasteiger partial charge >= 0.3 is 0 Å². The molecule has 1 aliphatic carbocycles. The summed E-state index contributed by atoms with van der Waals surface area (Å²) in [5, 5.41) is 7.79. The smallest absolute Gasteiger partial charge is 0.238 e. The van der Waals surface area contributed by atoms with Crippen LogP contribution in [0.2, 0.25) is 0 Å². The molecule has 1 aliphatic rings. The average molecular weight is 334 g/mol. The molecule has 0 saturated heterocycles.